The molecular formula is C25H22N4O3S2. The second kappa shape index (κ2) is 8.75. The second-order valence-corrected chi connectivity index (χ2v) is 10.8. The zero-order chi connectivity index (χ0) is 23.9. The Kier molecular flexibility index (Phi) is 5.76. The maximum Gasteiger partial charge on any atom is 0.252 e. The highest BCUT2D eigenvalue weighted by molar-refractivity contribution is 7.89. The van der Waals surface area contributed by atoms with Crippen LogP contribution in [0.25, 0.3) is 21.9 Å². The number of aromatic amines is 1. The Bertz CT molecular complexity index is 1680. The fraction of sp³-hybridized carbons (Fsp3) is 0.160. The van der Waals surface area contributed by atoms with Crippen molar-refractivity contribution >= 4 is 43.7 Å². The van der Waals surface area contributed by atoms with Gasteiger partial charge in [0.05, 0.1) is 17.2 Å². The molecule has 0 bridgehead atoms. The Morgan fingerprint density at radius 1 is 0.941 bits per heavy atom. The number of pyridine rings is 1. The van der Waals surface area contributed by atoms with E-state index in [2.05, 4.69) is 13.7 Å². The molecule has 9 heteroatoms. The summed E-state index contributed by atoms with van der Waals surface area (Å²) in [6, 6.07) is 20.0. The van der Waals surface area contributed by atoms with Crippen LogP contribution in [-0.2, 0) is 23.1 Å². The molecule has 5 rings (SSSR count). The third kappa shape index (κ3) is 4.13. The number of hydrogen-bond acceptors (Lipinski definition) is 6. The summed E-state index contributed by atoms with van der Waals surface area (Å²) in [6.07, 6.45) is 0. The predicted octanol–water partition coefficient (Wildman–Crippen LogP) is 4.54. The molecule has 3 aromatic carbocycles. The summed E-state index contributed by atoms with van der Waals surface area (Å²) in [5, 5.41) is 0.870. The molecule has 2 aromatic heterocycles. The first kappa shape index (κ1) is 22.4. The van der Waals surface area contributed by atoms with E-state index < -0.39 is 10.0 Å². The number of aromatic nitrogens is 3. The highest BCUT2D eigenvalue weighted by atomic mass is 32.2. The Hall–Kier alpha value is -3.40. The maximum atomic E-state index is 13.9. The molecule has 0 fully saturated rings. The fourth-order valence-electron chi connectivity index (χ4n) is 4.18. The minimum Gasteiger partial charge on any atom is -0.321 e. The van der Waals surface area contributed by atoms with Crippen molar-refractivity contribution in [3.8, 4) is 0 Å². The number of fused-ring (bicyclic) bond motifs is 2. The topological polar surface area (TPSA) is 96.0 Å². The first-order chi connectivity index (χ1) is 16.3. The Morgan fingerprint density at radius 3 is 2.53 bits per heavy atom. The van der Waals surface area contributed by atoms with Crippen LogP contribution >= 0.6 is 11.7 Å². The van der Waals surface area contributed by atoms with Crippen LogP contribution < -0.4 is 5.56 Å². The van der Waals surface area contributed by atoms with E-state index in [1.807, 2.05) is 56.3 Å². The smallest absolute Gasteiger partial charge is 0.252 e. The van der Waals surface area contributed by atoms with Crippen LogP contribution in [0.5, 0.6) is 0 Å². The van der Waals surface area contributed by atoms with Crippen molar-refractivity contribution < 1.29 is 8.42 Å². The largest absolute Gasteiger partial charge is 0.321 e. The van der Waals surface area contributed by atoms with Crippen LogP contribution in [0.15, 0.2) is 76.4 Å². The van der Waals surface area contributed by atoms with E-state index in [1.165, 1.54) is 10.4 Å². The van der Waals surface area contributed by atoms with Crippen LogP contribution in [0.2, 0.25) is 0 Å². The van der Waals surface area contributed by atoms with Gasteiger partial charge in [-0.15, -0.1) is 0 Å². The van der Waals surface area contributed by atoms with Crippen LogP contribution in [0, 0.1) is 13.8 Å². The van der Waals surface area contributed by atoms with Crippen molar-refractivity contribution in [3.05, 3.63) is 99.3 Å². The van der Waals surface area contributed by atoms with E-state index in [0.717, 1.165) is 39.3 Å². The van der Waals surface area contributed by atoms with Crippen LogP contribution in [0.4, 0.5) is 0 Å². The van der Waals surface area contributed by atoms with E-state index in [0.29, 0.717) is 16.6 Å². The standard InChI is InChI=1S/C25H22N4O3S2/c1-16-11-17(2)23-19(12-16)13-20(25(30)26-23)15-29(14-18-7-4-3-5-8-18)34(31,32)22-10-6-9-21-24(22)28-33-27-21/h3-13H,14-15H2,1-2H3,(H,26,30). The highest BCUT2D eigenvalue weighted by Gasteiger charge is 2.29. The van der Waals surface area contributed by atoms with Crippen molar-refractivity contribution in [1.82, 2.24) is 18.0 Å². The molecule has 5 aromatic rings. The lowest BCUT2D eigenvalue weighted by Crippen LogP contribution is -2.32. The van der Waals surface area contributed by atoms with Gasteiger partial charge in [-0.3, -0.25) is 4.79 Å². The molecule has 0 amide bonds. The van der Waals surface area contributed by atoms with Gasteiger partial charge in [-0.1, -0.05) is 48.0 Å². The zero-order valence-electron chi connectivity index (χ0n) is 18.6. The first-order valence-electron chi connectivity index (χ1n) is 10.7. The van der Waals surface area contributed by atoms with Gasteiger partial charge < -0.3 is 4.98 Å². The molecule has 172 valence electrons. The average molecular weight is 491 g/mol. The molecule has 2 heterocycles. The second-order valence-electron chi connectivity index (χ2n) is 8.32. The van der Waals surface area contributed by atoms with Gasteiger partial charge >= 0.3 is 0 Å². The van der Waals surface area contributed by atoms with E-state index in [-0.39, 0.29) is 23.5 Å². The lowest BCUT2D eigenvalue weighted by Gasteiger charge is -2.22. The lowest BCUT2D eigenvalue weighted by atomic mass is 10.1. The number of benzene rings is 3. The molecule has 34 heavy (non-hydrogen) atoms. The SMILES string of the molecule is Cc1cc(C)c2[nH]c(=O)c(CN(Cc3ccccc3)S(=O)(=O)c3cccc4nsnc34)cc2c1. The average Bonchev–Trinajstić information content (AvgIpc) is 3.29. The van der Waals surface area contributed by atoms with Gasteiger partial charge in [-0.2, -0.15) is 13.1 Å². The molecule has 0 aliphatic heterocycles. The van der Waals surface area contributed by atoms with Crippen LogP contribution in [0.1, 0.15) is 22.3 Å². The van der Waals surface area contributed by atoms with E-state index in [1.54, 1.807) is 18.2 Å². The third-order valence-corrected chi connectivity index (χ3v) is 8.15. The minimum atomic E-state index is -4.00. The molecule has 0 saturated heterocycles. The normalized spacial score (nSPS) is 12.1. The number of nitrogens with zero attached hydrogens (tertiary/aromatic N) is 3. The number of H-pyrrole nitrogens is 1. The number of rotatable bonds is 6. The predicted molar refractivity (Wildman–Crippen MR) is 134 cm³/mol. The molecule has 7 nitrogen and oxygen atoms in total. The summed E-state index contributed by atoms with van der Waals surface area (Å²) >= 11 is 0.971. The van der Waals surface area contributed by atoms with Crippen molar-refractivity contribution in [2.45, 2.75) is 31.8 Å². The summed E-state index contributed by atoms with van der Waals surface area (Å²) in [7, 11) is -4.00. The van der Waals surface area contributed by atoms with E-state index in [4.69, 9.17) is 0 Å². The van der Waals surface area contributed by atoms with Gasteiger partial charge in [-0.25, -0.2) is 8.42 Å². The molecule has 1 N–H and O–H groups in total. The van der Waals surface area contributed by atoms with Crippen LogP contribution in [0.3, 0.4) is 0 Å². The van der Waals surface area contributed by atoms with Crippen molar-refractivity contribution in [1.29, 1.82) is 0 Å². The molecule has 0 radical (unpaired) electrons. The Labute approximate surface area is 201 Å². The molecule has 0 spiro atoms. The number of aryl methyl sites for hydroxylation is 2. The summed E-state index contributed by atoms with van der Waals surface area (Å²) in [5.41, 5.74) is 4.55. The van der Waals surface area contributed by atoms with Gasteiger partial charge in [0.25, 0.3) is 5.56 Å². The summed E-state index contributed by atoms with van der Waals surface area (Å²) in [4.78, 5) is 16.0. The quantitative estimate of drug-likeness (QED) is 0.377. The molecule has 0 atom stereocenters. The first-order valence-corrected chi connectivity index (χ1v) is 12.9. The molecule has 0 aliphatic rings. The van der Waals surface area contributed by atoms with Gasteiger partial charge in [0.1, 0.15) is 15.9 Å². The lowest BCUT2D eigenvalue weighted by molar-refractivity contribution is 0.400. The number of nitrogens with one attached hydrogen (secondary N) is 1. The molecular weight excluding hydrogens is 468 g/mol. The monoisotopic (exact) mass is 490 g/mol. The minimum absolute atomic E-state index is 0.0799. The van der Waals surface area contributed by atoms with E-state index >= 15 is 0 Å². The molecule has 0 unspecified atom stereocenters. The van der Waals surface area contributed by atoms with Gasteiger partial charge in [0.2, 0.25) is 10.0 Å². The van der Waals surface area contributed by atoms with Crippen molar-refractivity contribution in [3.63, 3.8) is 0 Å². The summed E-state index contributed by atoms with van der Waals surface area (Å²) in [6.45, 7) is 3.97. The zero-order valence-corrected chi connectivity index (χ0v) is 20.3. The third-order valence-electron chi connectivity index (χ3n) is 5.79. The fourth-order valence-corrected chi connectivity index (χ4v) is 6.34. The van der Waals surface area contributed by atoms with Crippen molar-refractivity contribution in [2.24, 2.45) is 0 Å². The van der Waals surface area contributed by atoms with Crippen LogP contribution in [-0.4, -0.2) is 26.5 Å². The highest BCUT2D eigenvalue weighted by Crippen LogP contribution is 2.27. The molecule has 0 saturated carbocycles. The maximum absolute atomic E-state index is 13.9. The Balaban J connectivity index is 1.63. The van der Waals surface area contributed by atoms with Crippen molar-refractivity contribution in [2.75, 3.05) is 0 Å². The van der Waals surface area contributed by atoms with E-state index in [9.17, 15) is 13.2 Å². The number of hydrogen-bond donors (Lipinski definition) is 1. The van der Waals surface area contributed by atoms with Gasteiger partial charge in [0, 0.05) is 18.7 Å². The summed E-state index contributed by atoms with van der Waals surface area (Å²) in [5.74, 6) is 0. The summed E-state index contributed by atoms with van der Waals surface area (Å²) < 4.78 is 37.5. The Morgan fingerprint density at radius 2 is 1.74 bits per heavy atom. The molecule has 0 aliphatic carbocycles. The number of sulfonamides is 1. The van der Waals surface area contributed by atoms with Gasteiger partial charge in [0.15, 0.2) is 0 Å². The van der Waals surface area contributed by atoms with Gasteiger partial charge in [-0.05, 0) is 54.6 Å².